The van der Waals surface area contributed by atoms with Crippen LogP contribution >= 0.6 is 12.2 Å². The molecule has 0 aromatic heterocycles. The maximum atomic E-state index is 5.65. The summed E-state index contributed by atoms with van der Waals surface area (Å²) in [4.78, 5) is 2.40. The Bertz CT molecular complexity index is 631. The zero-order valence-corrected chi connectivity index (χ0v) is 13.3. The third kappa shape index (κ3) is 2.56. The molecule has 1 heterocycles. The van der Waals surface area contributed by atoms with E-state index in [2.05, 4.69) is 54.4 Å². The lowest BCUT2D eigenvalue weighted by molar-refractivity contribution is 0.306. The second kappa shape index (κ2) is 5.19. The van der Waals surface area contributed by atoms with Crippen LogP contribution < -0.4 is 16.0 Å². The Balaban J connectivity index is 2.03. The maximum absolute atomic E-state index is 5.65. The van der Waals surface area contributed by atoms with Crippen LogP contribution in [0, 0.1) is 11.3 Å². The minimum absolute atomic E-state index is 0.257. The number of nitrogens with one attached hydrogen (secondary N) is 1. The molecule has 4 heteroatoms. The van der Waals surface area contributed by atoms with Gasteiger partial charge in [0, 0.05) is 18.2 Å². The second-order valence-corrected chi connectivity index (χ2v) is 6.83. The molecular weight excluding hydrogens is 278 g/mol. The third-order valence-electron chi connectivity index (χ3n) is 4.41. The van der Waals surface area contributed by atoms with Gasteiger partial charge in [-0.15, -0.1) is 0 Å². The number of hydrogen-bond acceptors (Lipinski definition) is 2. The number of fused-ring (bicyclic) bond motifs is 1. The normalized spacial score (nSPS) is 22.7. The molecule has 1 aliphatic carbocycles. The Labute approximate surface area is 131 Å². The van der Waals surface area contributed by atoms with Gasteiger partial charge in [-0.25, -0.2) is 0 Å². The van der Waals surface area contributed by atoms with Gasteiger partial charge in [0.2, 0.25) is 0 Å². The molecule has 2 aliphatic rings. The molecule has 1 unspecified atom stereocenters. The first kappa shape index (κ1) is 14.1. The first-order chi connectivity index (χ1) is 9.99. The van der Waals surface area contributed by atoms with Crippen LogP contribution in [-0.4, -0.2) is 11.7 Å². The van der Waals surface area contributed by atoms with Crippen molar-refractivity contribution in [3.63, 3.8) is 0 Å². The van der Waals surface area contributed by atoms with E-state index in [4.69, 9.17) is 18.0 Å². The highest BCUT2D eigenvalue weighted by atomic mass is 32.1. The minimum atomic E-state index is 0.257. The summed E-state index contributed by atoms with van der Waals surface area (Å²) in [5.74, 6) is 0.570. The van der Waals surface area contributed by atoms with E-state index in [0.717, 1.165) is 24.3 Å². The van der Waals surface area contributed by atoms with Crippen LogP contribution in [0.2, 0.25) is 0 Å². The van der Waals surface area contributed by atoms with Crippen molar-refractivity contribution in [3.05, 3.63) is 48.2 Å². The zero-order valence-electron chi connectivity index (χ0n) is 12.5. The van der Waals surface area contributed by atoms with Crippen molar-refractivity contribution in [1.29, 1.82) is 0 Å². The van der Waals surface area contributed by atoms with Crippen LogP contribution in [0.1, 0.15) is 20.3 Å². The fourth-order valence-electron chi connectivity index (χ4n) is 3.40. The van der Waals surface area contributed by atoms with Gasteiger partial charge in [-0.1, -0.05) is 38.1 Å². The minimum Gasteiger partial charge on any atom is -0.376 e. The summed E-state index contributed by atoms with van der Waals surface area (Å²) in [5, 5.41) is 3.40. The molecule has 3 N–H and O–H groups in total. The Hall–Kier alpha value is -1.81. The van der Waals surface area contributed by atoms with Gasteiger partial charge in [0.1, 0.15) is 0 Å². The summed E-state index contributed by atoms with van der Waals surface area (Å²) in [6.07, 6.45) is 7.77. The van der Waals surface area contributed by atoms with Gasteiger partial charge in [-0.3, -0.25) is 0 Å². The second-order valence-electron chi connectivity index (χ2n) is 6.39. The van der Waals surface area contributed by atoms with E-state index in [1.54, 1.807) is 0 Å². The lowest BCUT2D eigenvalue weighted by Gasteiger charge is -2.26. The molecule has 1 aromatic rings. The van der Waals surface area contributed by atoms with Gasteiger partial charge >= 0.3 is 0 Å². The van der Waals surface area contributed by atoms with Crippen molar-refractivity contribution in [1.82, 2.24) is 0 Å². The number of rotatable bonds is 2. The van der Waals surface area contributed by atoms with Crippen LogP contribution in [0.3, 0.4) is 0 Å². The molecule has 21 heavy (non-hydrogen) atoms. The van der Waals surface area contributed by atoms with E-state index in [1.165, 1.54) is 5.70 Å². The molecule has 1 aliphatic heterocycles. The Morgan fingerprint density at radius 1 is 1.38 bits per heavy atom. The summed E-state index contributed by atoms with van der Waals surface area (Å²) in [5.41, 5.74) is 9.41. The van der Waals surface area contributed by atoms with E-state index in [9.17, 15) is 0 Å². The number of anilines is 2. The number of nitrogens with two attached hydrogens (primary N) is 1. The van der Waals surface area contributed by atoms with Crippen LogP contribution in [0.25, 0.3) is 0 Å². The SMILES string of the molecule is CC1(C)CN(c2ccccc2NC(N)=S)C2=CC=CCC21. The Morgan fingerprint density at radius 2 is 2.14 bits per heavy atom. The number of hydrogen-bond donors (Lipinski definition) is 2. The van der Waals surface area contributed by atoms with E-state index in [-0.39, 0.29) is 5.41 Å². The smallest absolute Gasteiger partial charge is 0.168 e. The molecule has 1 fully saturated rings. The van der Waals surface area contributed by atoms with E-state index >= 15 is 0 Å². The van der Waals surface area contributed by atoms with Gasteiger partial charge in [-0.05, 0) is 42.3 Å². The van der Waals surface area contributed by atoms with Crippen LogP contribution in [0.4, 0.5) is 11.4 Å². The van der Waals surface area contributed by atoms with Crippen molar-refractivity contribution >= 4 is 28.7 Å². The molecule has 1 aromatic carbocycles. The van der Waals surface area contributed by atoms with Gasteiger partial charge in [-0.2, -0.15) is 0 Å². The maximum Gasteiger partial charge on any atom is 0.168 e. The summed E-state index contributed by atoms with van der Waals surface area (Å²) in [6.45, 7) is 5.68. The molecule has 1 saturated heterocycles. The molecule has 3 nitrogen and oxygen atoms in total. The summed E-state index contributed by atoms with van der Waals surface area (Å²) in [7, 11) is 0. The first-order valence-electron chi connectivity index (χ1n) is 7.29. The van der Waals surface area contributed by atoms with Crippen molar-refractivity contribution in [2.75, 3.05) is 16.8 Å². The molecule has 1 atom stereocenters. The summed E-state index contributed by atoms with van der Waals surface area (Å²) >= 11 is 4.99. The highest BCUT2D eigenvalue weighted by molar-refractivity contribution is 7.80. The largest absolute Gasteiger partial charge is 0.376 e. The molecule has 0 spiro atoms. The summed E-state index contributed by atoms with van der Waals surface area (Å²) in [6, 6.07) is 8.20. The van der Waals surface area contributed by atoms with Crippen LogP contribution in [-0.2, 0) is 0 Å². The van der Waals surface area contributed by atoms with Crippen molar-refractivity contribution in [2.24, 2.45) is 17.1 Å². The van der Waals surface area contributed by atoms with Gasteiger partial charge in [0.25, 0.3) is 0 Å². The average Bonchev–Trinajstić information content (AvgIpc) is 2.71. The average molecular weight is 299 g/mol. The molecular formula is C17H21N3S. The summed E-state index contributed by atoms with van der Waals surface area (Å²) < 4.78 is 0. The standard InChI is InChI=1S/C17H21N3S/c1-17(2)11-20(14-9-5-3-7-12(14)17)15-10-6-4-8-13(15)19-16(18)21/h3-6,8-10,12H,7,11H2,1-2H3,(H3,18,19,21). The molecule has 0 radical (unpaired) electrons. The van der Waals surface area contributed by atoms with Crippen LogP contribution in [0.15, 0.2) is 48.2 Å². The predicted molar refractivity (Wildman–Crippen MR) is 93.3 cm³/mol. The monoisotopic (exact) mass is 299 g/mol. The van der Waals surface area contributed by atoms with E-state index in [1.807, 2.05) is 12.1 Å². The zero-order chi connectivity index (χ0) is 15.0. The van der Waals surface area contributed by atoms with Crippen molar-refractivity contribution < 1.29 is 0 Å². The number of thiocarbonyl (C=S) groups is 1. The van der Waals surface area contributed by atoms with Crippen molar-refractivity contribution in [2.45, 2.75) is 20.3 Å². The third-order valence-corrected chi connectivity index (χ3v) is 4.51. The number of allylic oxidation sites excluding steroid dienone is 4. The Morgan fingerprint density at radius 3 is 2.90 bits per heavy atom. The molecule has 3 rings (SSSR count). The van der Waals surface area contributed by atoms with E-state index < -0.39 is 0 Å². The topological polar surface area (TPSA) is 41.3 Å². The first-order valence-corrected chi connectivity index (χ1v) is 7.69. The highest BCUT2D eigenvalue weighted by Crippen LogP contribution is 2.48. The van der Waals surface area contributed by atoms with Gasteiger partial charge in [0.15, 0.2) is 5.11 Å². The van der Waals surface area contributed by atoms with Gasteiger partial charge < -0.3 is 16.0 Å². The Kier molecular flexibility index (Phi) is 3.49. The quantitative estimate of drug-likeness (QED) is 0.818. The number of para-hydroxylation sites is 2. The molecule has 0 bridgehead atoms. The molecule has 0 amide bonds. The van der Waals surface area contributed by atoms with E-state index in [0.29, 0.717) is 11.0 Å². The predicted octanol–water partition coefficient (Wildman–Crippen LogP) is 3.65. The molecule has 0 saturated carbocycles. The lowest BCUT2D eigenvalue weighted by Crippen LogP contribution is -2.25. The number of benzene rings is 1. The fourth-order valence-corrected chi connectivity index (χ4v) is 3.51. The highest BCUT2D eigenvalue weighted by Gasteiger charge is 2.43. The van der Waals surface area contributed by atoms with Crippen molar-refractivity contribution in [3.8, 4) is 0 Å². The number of nitrogens with zero attached hydrogens (tertiary/aromatic N) is 1. The molecule has 110 valence electrons. The fraction of sp³-hybridized carbons (Fsp3) is 0.353. The van der Waals surface area contributed by atoms with Crippen LogP contribution in [0.5, 0.6) is 0 Å². The van der Waals surface area contributed by atoms with Gasteiger partial charge in [0.05, 0.1) is 11.4 Å². The lowest BCUT2D eigenvalue weighted by atomic mass is 9.77.